The van der Waals surface area contributed by atoms with Crippen LogP contribution >= 0.6 is 0 Å². The van der Waals surface area contributed by atoms with Crippen LogP contribution in [0.4, 0.5) is 0 Å². The first-order chi connectivity index (χ1) is 3.50. The summed E-state index contributed by atoms with van der Waals surface area (Å²) in [4.78, 5) is 0. The fourth-order valence-corrected chi connectivity index (χ4v) is 1.90. The molecule has 0 radical (unpaired) electrons. The molecule has 8 heavy (non-hydrogen) atoms. The average molecular weight is 206 g/mol. The Kier molecular flexibility index (Phi) is 3.85. The van der Waals surface area contributed by atoms with Crippen molar-refractivity contribution in [1.82, 2.24) is 0 Å². The highest BCUT2D eigenvalue weighted by Crippen LogP contribution is 1.90. The van der Waals surface area contributed by atoms with Gasteiger partial charge in [0.15, 0.2) is 0 Å². The van der Waals surface area contributed by atoms with Gasteiger partial charge in [0.1, 0.15) is 0 Å². The first kappa shape index (κ1) is 9.16. The predicted octanol–water partition coefficient (Wildman–Crippen LogP) is -0.0580. The molecule has 0 spiro atoms. The highest BCUT2D eigenvalue weighted by Gasteiger charge is 1.94. The van der Waals surface area contributed by atoms with Crippen LogP contribution in [0.1, 0.15) is 6.92 Å². The Balaban J connectivity index is 4.69. The van der Waals surface area contributed by atoms with Crippen LogP contribution < -0.4 is 0 Å². The summed E-state index contributed by atoms with van der Waals surface area (Å²) in [5, 5.41) is 0. The van der Waals surface area contributed by atoms with Crippen molar-refractivity contribution in [3.63, 3.8) is 0 Å². The molecule has 0 aliphatic carbocycles. The van der Waals surface area contributed by atoms with Crippen LogP contribution in [-0.2, 0) is 48.1 Å². The van der Waals surface area contributed by atoms with E-state index in [1.165, 1.54) is 0 Å². The first-order valence-corrected chi connectivity index (χ1v) is 8.41. The van der Waals surface area contributed by atoms with Gasteiger partial charge in [-0.1, -0.05) is 6.92 Å². The van der Waals surface area contributed by atoms with E-state index in [0.29, 0.717) is 5.75 Å². The number of hydrogen-bond donors (Lipinski definition) is 1. The second-order valence-electron chi connectivity index (χ2n) is 1.09. The summed E-state index contributed by atoms with van der Waals surface area (Å²) in [7, 11) is -1.70. The van der Waals surface area contributed by atoms with Gasteiger partial charge >= 0.3 is 0 Å². The van der Waals surface area contributed by atoms with E-state index in [4.69, 9.17) is 22.4 Å². The topological polar surface area (TPSA) is 17.1 Å². The van der Waals surface area contributed by atoms with Crippen molar-refractivity contribution in [2.75, 3.05) is 5.75 Å². The van der Waals surface area contributed by atoms with Crippen LogP contribution in [-0.4, -0.2) is 9.96 Å². The highest BCUT2D eigenvalue weighted by molar-refractivity contribution is 8.97. The molecule has 0 aromatic carbocycles. The summed E-state index contributed by atoms with van der Waals surface area (Å²) in [6.45, 7) is 1.83. The largest absolute Gasteiger partial charge is 0.248 e. The summed E-state index contributed by atoms with van der Waals surface area (Å²) in [5.74, 6) is 0.608. The minimum absolute atomic E-state index is 0.608. The minimum atomic E-state index is -1.75. The molecule has 0 heterocycles. The van der Waals surface area contributed by atoms with E-state index in [1.807, 2.05) is 6.92 Å². The van der Waals surface area contributed by atoms with Crippen LogP contribution in [0.5, 0.6) is 0 Å². The van der Waals surface area contributed by atoms with Gasteiger partial charge in [-0.05, 0) is 39.7 Å². The SMILES string of the molecule is CCS(=S)(=S)[SH](=O)=S. The quantitative estimate of drug-likeness (QED) is 0.503. The van der Waals surface area contributed by atoms with Gasteiger partial charge in [0.25, 0.3) is 0 Å². The van der Waals surface area contributed by atoms with Gasteiger partial charge in [0.2, 0.25) is 0 Å². The van der Waals surface area contributed by atoms with E-state index < -0.39 is 14.6 Å². The molecule has 50 valence electrons. The fraction of sp³-hybridized carbons (Fsp3) is 1.00. The molecule has 0 N–H and O–H groups in total. The zero-order valence-corrected chi connectivity index (χ0v) is 8.36. The minimum Gasteiger partial charge on any atom is -0.248 e. The molecular formula is C2H6OS5. The molecule has 0 bridgehead atoms. The number of rotatable bonds is 2. The third-order valence-corrected chi connectivity index (χ3v) is 11.8. The molecule has 0 aliphatic heterocycles. The van der Waals surface area contributed by atoms with Crippen molar-refractivity contribution in [3.05, 3.63) is 0 Å². The van der Waals surface area contributed by atoms with Gasteiger partial charge in [0, 0.05) is 5.75 Å². The van der Waals surface area contributed by atoms with E-state index in [-0.39, 0.29) is 0 Å². The Morgan fingerprint density at radius 3 is 2.00 bits per heavy atom. The van der Waals surface area contributed by atoms with Gasteiger partial charge in [-0.25, -0.2) is 4.21 Å². The third-order valence-electron chi connectivity index (χ3n) is 0.592. The zero-order valence-electron chi connectivity index (χ0n) is 4.20. The molecule has 1 atom stereocenters. The number of thiol groups is 1. The van der Waals surface area contributed by atoms with Crippen LogP contribution in [0, 0.1) is 0 Å². The lowest BCUT2D eigenvalue weighted by Crippen LogP contribution is -1.98. The van der Waals surface area contributed by atoms with Crippen molar-refractivity contribution >= 4 is 48.1 Å². The monoisotopic (exact) mass is 206 g/mol. The molecule has 0 aliphatic rings. The van der Waals surface area contributed by atoms with Gasteiger partial charge < -0.3 is 0 Å². The molecule has 0 saturated carbocycles. The maximum absolute atomic E-state index is 10.5. The van der Waals surface area contributed by atoms with Crippen molar-refractivity contribution in [2.24, 2.45) is 0 Å². The summed E-state index contributed by atoms with van der Waals surface area (Å²) in [6, 6.07) is 0. The van der Waals surface area contributed by atoms with Gasteiger partial charge in [0.05, 0.1) is 8.39 Å². The Morgan fingerprint density at radius 1 is 1.62 bits per heavy atom. The Morgan fingerprint density at radius 2 is 2.00 bits per heavy atom. The van der Waals surface area contributed by atoms with Crippen molar-refractivity contribution in [3.8, 4) is 0 Å². The van der Waals surface area contributed by atoms with Crippen molar-refractivity contribution in [1.29, 1.82) is 0 Å². The van der Waals surface area contributed by atoms with E-state index in [2.05, 4.69) is 11.2 Å². The summed E-state index contributed by atoms with van der Waals surface area (Å²) < 4.78 is 10.5. The van der Waals surface area contributed by atoms with Crippen molar-refractivity contribution < 1.29 is 4.21 Å². The van der Waals surface area contributed by atoms with Gasteiger partial charge in [-0.2, -0.15) is 0 Å². The molecule has 1 unspecified atom stereocenters. The molecule has 0 aromatic rings. The predicted molar refractivity (Wildman–Crippen MR) is 49.5 cm³/mol. The van der Waals surface area contributed by atoms with Gasteiger partial charge in [-0.15, -0.1) is 0 Å². The lowest BCUT2D eigenvalue weighted by molar-refractivity contribution is 0.700. The van der Waals surface area contributed by atoms with Crippen LogP contribution in [0.15, 0.2) is 0 Å². The smallest absolute Gasteiger partial charge is 0.0779 e. The summed E-state index contributed by atoms with van der Waals surface area (Å²) in [5.41, 5.74) is 0. The van der Waals surface area contributed by atoms with E-state index in [1.54, 1.807) is 0 Å². The van der Waals surface area contributed by atoms with Crippen molar-refractivity contribution in [2.45, 2.75) is 6.92 Å². The molecule has 0 aromatic heterocycles. The van der Waals surface area contributed by atoms with Crippen LogP contribution in [0.3, 0.4) is 0 Å². The summed E-state index contributed by atoms with van der Waals surface area (Å²) >= 11 is 14.0. The molecule has 0 rings (SSSR count). The molecule has 6 heteroatoms. The van der Waals surface area contributed by atoms with Gasteiger partial charge in [-0.3, -0.25) is 0 Å². The molecule has 0 amide bonds. The van der Waals surface area contributed by atoms with Crippen LogP contribution in [0.25, 0.3) is 0 Å². The van der Waals surface area contributed by atoms with E-state index in [0.717, 1.165) is 0 Å². The highest BCUT2D eigenvalue weighted by atomic mass is 33.6. The van der Waals surface area contributed by atoms with E-state index >= 15 is 0 Å². The second-order valence-corrected chi connectivity index (χ2v) is 13.4. The lowest BCUT2D eigenvalue weighted by atomic mass is 11.0. The summed E-state index contributed by atoms with van der Waals surface area (Å²) in [6.07, 6.45) is -1.75. The number of hydrogen-bond acceptors (Lipinski definition) is 4. The lowest BCUT2D eigenvalue weighted by Gasteiger charge is -1.93. The Hall–Kier alpha value is 1.16. The fourth-order valence-electron chi connectivity index (χ4n) is 0.105. The van der Waals surface area contributed by atoms with E-state index in [9.17, 15) is 4.21 Å². The van der Waals surface area contributed by atoms with Crippen LogP contribution in [0.2, 0.25) is 0 Å². The molecular weight excluding hydrogens is 200 g/mol. The molecule has 1 nitrogen and oxygen atoms in total. The molecule has 0 saturated heterocycles. The normalized spacial score (nSPS) is 15.6. The zero-order chi connectivity index (χ0) is 6.78. The first-order valence-electron chi connectivity index (χ1n) is 1.88. The average Bonchev–Trinajstić information content (AvgIpc) is 1.67. The Labute approximate surface area is 64.8 Å². The molecule has 0 fully saturated rings. The second kappa shape index (κ2) is 3.36. The standard InChI is InChI=1S/C2H6OS5/c1-2-8(5,6)7(3)4/h7H,2H2,1H3. The maximum atomic E-state index is 10.5. The Bertz CT molecular complexity index is 211. The third kappa shape index (κ3) is 2.63. The maximum Gasteiger partial charge on any atom is 0.0779 e.